The van der Waals surface area contributed by atoms with Crippen LogP contribution in [-0.2, 0) is 11.3 Å². The molecule has 0 unspecified atom stereocenters. The number of carbonyl (C=O) groups is 2. The Morgan fingerprint density at radius 2 is 2.29 bits per heavy atom. The Balaban J connectivity index is 2.44. The second-order valence-electron chi connectivity index (χ2n) is 2.83. The quantitative estimate of drug-likeness (QED) is 0.685. The SMILES string of the molecule is NC(=O)c1ccn(CCCC(=O)O)n1. The van der Waals surface area contributed by atoms with Crippen molar-refractivity contribution in [1.29, 1.82) is 0 Å². The van der Waals surface area contributed by atoms with E-state index in [0.29, 0.717) is 13.0 Å². The first kappa shape index (κ1) is 10.2. The van der Waals surface area contributed by atoms with Gasteiger partial charge in [0.05, 0.1) is 0 Å². The number of aromatic nitrogens is 2. The highest BCUT2D eigenvalue weighted by Crippen LogP contribution is 1.98. The fourth-order valence-corrected chi connectivity index (χ4v) is 1.01. The van der Waals surface area contributed by atoms with Crippen LogP contribution < -0.4 is 5.73 Å². The highest BCUT2D eigenvalue weighted by molar-refractivity contribution is 5.90. The highest BCUT2D eigenvalue weighted by atomic mass is 16.4. The molecule has 1 heterocycles. The molecule has 0 fully saturated rings. The van der Waals surface area contributed by atoms with Gasteiger partial charge in [-0.15, -0.1) is 0 Å². The summed E-state index contributed by atoms with van der Waals surface area (Å²) in [5.41, 5.74) is 5.19. The molecule has 76 valence electrons. The molecule has 3 N–H and O–H groups in total. The second kappa shape index (κ2) is 4.40. The number of carboxylic acids is 1. The molecule has 0 spiro atoms. The van der Waals surface area contributed by atoms with E-state index in [1.807, 2.05) is 0 Å². The van der Waals surface area contributed by atoms with Crippen LogP contribution in [0.1, 0.15) is 23.3 Å². The normalized spacial score (nSPS) is 10.0. The molecule has 0 aliphatic heterocycles. The molecule has 0 atom stereocenters. The van der Waals surface area contributed by atoms with Gasteiger partial charge in [0, 0.05) is 19.2 Å². The first-order valence-electron chi connectivity index (χ1n) is 4.14. The minimum absolute atomic E-state index is 0.0891. The van der Waals surface area contributed by atoms with Gasteiger partial charge in [-0.05, 0) is 12.5 Å². The van der Waals surface area contributed by atoms with E-state index >= 15 is 0 Å². The monoisotopic (exact) mass is 197 g/mol. The molecule has 0 aliphatic carbocycles. The van der Waals surface area contributed by atoms with E-state index in [1.165, 1.54) is 10.7 Å². The molecule has 1 rings (SSSR count). The van der Waals surface area contributed by atoms with E-state index in [9.17, 15) is 9.59 Å². The minimum atomic E-state index is -0.840. The molecule has 1 aromatic rings. The molecule has 0 aliphatic rings. The maximum absolute atomic E-state index is 10.6. The van der Waals surface area contributed by atoms with Crippen LogP contribution in [0.4, 0.5) is 0 Å². The molecular weight excluding hydrogens is 186 g/mol. The summed E-state index contributed by atoms with van der Waals surface area (Å²) < 4.78 is 1.50. The molecule has 0 radical (unpaired) electrons. The lowest BCUT2D eigenvalue weighted by Crippen LogP contribution is -2.12. The minimum Gasteiger partial charge on any atom is -0.481 e. The molecule has 0 saturated heterocycles. The summed E-state index contributed by atoms with van der Waals surface area (Å²) >= 11 is 0. The summed E-state index contributed by atoms with van der Waals surface area (Å²) in [5, 5.41) is 12.2. The Morgan fingerprint density at radius 1 is 1.57 bits per heavy atom. The number of hydrogen-bond acceptors (Lipinski definition) is 3. The predicted octanol–water partition coefficient (Wildman–Crippen LogP) is -0.153. The van der Waals surface area contributed by atoms with E-state index in [1.54, 1.807) is 6.20 Å². The van der Waals surface area contributed by atoms with Crippen molar-refractivity contribution >= 4 is 11.9 Å². The van der Waals surface area contributed by atoms with Crippen LogP contribution in [0.5, 0.6) is 0 Å². The lowest BCUT2D eigenvalue weighted by atomic mass is 10.3. The van der Waals surface area contributed by atoms with Crippen molar-refractivity contribution < 1.29 is 14.7 Å². The lowest BCUT2D eigenvalue weighted by Gasteiger charge is -1.97. The number of amides is 1. The van der Waals surface area contributed by atoms with Crippen LogP contribution in [0, 0.1) is 0 Å². The standard InChI is InChI=1S/C8H11N3O3/c9-8(14)6-3-5-11(10-6)4-1-2-7(12)13/h3,5H,1-2,4H2,(H2,9,14)(H,12,13). The van der Waals surface area contributed by atoms with Crippen molar-refractivity contribution in [3.05, 3.63) is 18.0 Å². The summed E-state index contributed by atoms with van der Waals surface area (Å²) in [6.07, 6.45) is 2.17. The zero-order chi connectivity index (χ0) is 10.6. The molecule has 6 heteroatoms. The van der Waals surface area contributed by atoms with E-state index in [-0.39, 0.29) is 12.1 Å². The summed E-state index contributed by atoms with van der Waals surface area (Å²) in [6.45, 7) is 0.472. The van der Waals surface area contributed by atoms with E-state index in [0.717, 1.165) is 0 Å². The first-order chi connectivity index (χ1) is 6.59. The van der Waals surface area contributed by atoms with Gasteiger partial charge in [-0.2, -0.15) is 5.10 Å². The van der Waals surface area contributed by atoms with Crippen LogP contribution >= 0.6 is 0 Å². The van der Waals surface area contributed by atoms with Crippen molar-refractivity contribution in [3.63, 3.8) is 0 Å². The van der Waals surface area contributed by atoms with Gasteiger partial charge in [0.1, 0.15) is 5.69 Å². The molecule has 0 saturated carbocycles. The first-order valence-corrected chi connectivity index (χ1v) is 4.14. The van der Waals surface area contributed by atoms with E-state index < -0.39 is 11.9 Å². The number of rotatable bonds is 5. The Bertz CT molecular complexity index is 345. The Morgan fingerprint density at radius 3 is 2.79 bits per heavy atom. The molecule has 14 heavy (non-hydrogen) atoms. The highest BCUT2D eigenvalue weighted by Gasteiger charge is 2.04. The number of carboxylic acid groups (broad SMARTS) is 1. The number of aliphatic carboxylic acids is 1. The van der Waals surface area contributed by atoms with Crippen molar-refractivity contribution in [3.8, 4) is 0 Å². The molecule has 6 nitrogen and oxygen atoms in total. The van der Waals surface area contributed by atoms with Crippen LogP contribution in [-0.4, -0.2) is 26.8 Å². The van der Waals surface area contributed by atoms with Gasteiger partial charge >= 0.3 is 5.97 Å². The summed E-state index contributed by atoms with van der Waals surface area (Å²) in [5.74, 6) is -1.42. The Labute approximate surface area is 80.3 Å². The molecule has 1 aromatic heterocycles. The smallest absolute Gasteiger partial charge is 0.303 e. The van der Waals surface area contributed by atoms with E-state index in [4.69, 9.17) is 10.8 Å². The average Bonchev–Trinajstić information content (AvgIpc) is 2.52. The topological polar surface area (TPSA) is 98.2 Å². The van der Waals surface area contributed by atoms with Gasteiger partial charge in [-0.3, -0.25) is 14.3 Å². The fourth-order valence-electron chi connectivity index (χ4n) is 1.01. The number of nitrogens with zero attached hydrogens (tertiary/aromatic N) is 2. The Kier molecular flexibility index (Phi) is 3.22. The fraction of sp³-hybridized carbons (Fsp3) is 0.375. The van der Waals surface area contributed by atoms with Gasteiger partial charge in [0.2, 0.25) is 0 Å². The number of aryl methyl sites for hydroxylation is 1. The van der Waals surface area contributed by atoms with Crippen molar-refractivity contribution in [2.24, 2.45) is 5.73 Å². The number of carbonyl (C=O) groups excluding carboxylic acids is 1. The van der Waals surface area contributed by atoms with Gasteiger partial charge in [0.15, 0.2) is 0 Å². The van der Waals surface area contributed by atoms with Gasteiger partial charge < -0.3 is 10.8 Å². The Hall–Kier alpha value is -1.85. The number of nitrogens with two attached hydrogens (primary N) is 1. The van der Waals surface area contributed by atoms with Gasteiger partial charge in [-0.1, -0.05) is 0 Å². The molecule has 0 bridgehead atoms. The summed E-state index contributed by atoms with van der Waals surface area (Å²) in [6, 6.07) is 1.50. The third-order valence-corrected chi connectivity index (χ3v) is 1.67. The largest absolute Gasteiger partial charge is 0.481 e. The van der Waals surface area contributed by atoms with Crippen molar-refractivity contribution in [2.75, 3.05) is 0 Å². The molecule has 1 amide bonds. The van der Waals surface area contributed by atoms with E-state index in [2.05, 4.69) is 5.10 Å². The van der Waals surface area contributed by atoms with Gasteiger partial charge in [0.25, 0.3) is 5.91 Å². The lowest BCUT2D eigenvalue weighted by molar-refractivity contribution is -0.137. The number of primary amides is 1. The number of hydrogen-bond donors (Lipinski definition) is 2. The third-order valence-electron chi connectivity index (χ3n) is 1.67. The molecule has 0 aromatic carbocycles. The van der Waals surface area contributed by atoms with Gasteiger partial charge in [-0.25, -0.2) is 0 Å². The maximum atomic E-state index is 10.6. The maximum Gasteiger partial charge on any atom is 0.303 e. The summed E-state index contributed by atoms with van der Waals surface area (Å²) in [4.78, 5) is 20.8. The summed E-state index contributed by atoms with van der Waals surface area (Å²) in [7, 11) is 0. The van der Waals surface area contributed by atoms with Crippen LogP contribution in [0.25, 0.3) is 0 Å². The average molecular weight is 197 g/mol. The van der Waals surface area contributed by atoms with Crippen molar-refractivity contribution in [1.82, 2.24) is 9.78 Å². The van der Waals surface area contributed by atoms with Crippen LogP contribution in [0.3, 0.4) is 0 Å². The van der Waals surface area contributed by atoms with Crippen molar-refractivity contribution in [2.45, 2.75) is 19.4 Å². The zero-order valence-corrected chi connectivity index (χ0v) is 7.51. The van der Waals surface area contributed by atoms with Crippen LogP contribution in [0.2, 0.25) is 0 Å². The zero-order valence-electron chi connectivity index (χ0n) is 7.51. The predicted molar refractivity (Wildman–Crippen MR) is 47.6 cm³/mol. The van der Waals surface area contributed by atoms with Crippen LogP contribution in [0.15, 0.2) is 12.3 Å². The third kappa shape index (κ3) is 2.89. The molecular formula is C8H11N3O3. The second-order valence-corrected chi connectivity index (χ2v) is 2.83.